The number of piperidine rings is 1. The Bertz CT molecular complexity index is 862. The van der Waals surface area contributed by atoms with E-state index in [2.05, 4.69) is 9.97 Å². The molecule has 2 aromatic rings. The maximum atomic E-state index is 12.6. The monoisotopic (exact) mass is 373 g/mol. The van der Waals surface area contributed by atoms with Gasteiger partial charge in [0.25, 0.3) is 0 Å². The van der Waals surface area contributed by atoms with Gasteiger partial charge in [-0.15, -0.1) is 0 Å². The fourth-order valence-corrected chi connectivity index (χ4v) is 4.22. The van der Waals surface area contributed by atoms with Crippen molar-refractivity contribution in [2.45, 2.75) is 32.8 Å². The summed E-state index contributed by atoms with van der Waals surface area (Å²) in [5.41, 5.74) is 1.69. The highest BCUT2D eigenvalue weighted by atomic mass is 32.2. The standard InChI is InChI=1S/C19H23N3O3S/c1-15-13-19(21-16(2)20-15)25-18-9-6-11-22(14-18)26(23,24)12-10-17-7-4-3-5-8-17/h3-5,7-8,10,12-13,18H,6,9,11,14H2,1-2H3/b12-10+. The molecule has 1 aliphatic rings. The summed E-state index contributed by atoms with van der Waals surface area (Å²) in [6.07, 6.45) is 2.97. The van der Waals surface area contributed by atoms with Gasteiger partial charge in [-0.25, -0.2) is 13.4 Å². The van der Waals surface area contributed by atoms with Crippen molar-refractivity contribution in [1.29, 1.82) is 0 Å². The minimum atomic E-state index is -3.48. The van der Waals surface area contributed by atoms with E-state index >= 15 is 0 Å². The molecule has 1 aromatic carbocycles. The summed E-state index contributed by atoms with van der Waals surface area (Å²) in [5.74, 6) is 1.14. The van der Waals surface area contributed by atoms with Crippen molar-refractivity contribution in [2.75, 3.05) is 13.1 Å². The van der Waals surface area contributed by atoms with E-state index in [0.717, 1.165) is 24.1 Å². The van der Waals surface area contributed by atoms with Crippen molar-refractivity contribution in [3.05, 3.63) is 58.9 Å². The summed E-state index contributed by atoms with van der Waals surface area (Å²) in [5, 5.41) is 1.27. The maximum absolute atomic E-state index is 12.6. The second-order valence-electron chi connectivity index (χ2n) is 6.39. The molecule has 138 valence electrons. The van der Waals surface area contributed by atoms with Gasteiger partial charge < -0.3 is 4.74 Å². The molecule has 1 saturated heterocycles. The van der Waals surface area contributed by atoms with Crippen molar-refractivity contribution < 1.29 is 13.2 Å². The number of rotatable bonds is 5. The van der Waals surface area contributed by atoms with Crippen molar-refractivity contribution in [3.8, 4) is 5.88 Å². The van der Waals surface area contributed by atoms with Crippen LogP contribution in [0.1, 0.15) is 29.9 Å². The molecule has 6 nitrogen and oxygen atoms in total. The average Bonchev–Trinajstić information content (AvgIpc) is 2.60. The third-order valence-corrected chi connectivity index (χ3v) is 5.69. The molecule has 2 heterocycles. The zero-order valence-corrected chi connectivity index (χ0v) is 15.8. The number of hydrogen-bond acceptors (Lipinski definition) is 5. The lowest BCUT2D eigenvalue weighted by atomic mass is 10.1. The van der Waals surface area contributed by atoms with Gasteiger partial charge in [-0.2, -0.15) is 9.29 Å². The average molecular weight is 373 g/mol. The summed E-state index contributed by atoms with van der Waals surface area (Å²) in [7, 11) is -3.48. The molecule has 0 N–H and O–H groups in total. The zero-order chi connectivity index (χ0) is 18.6. The fraction of sp³-hybridized carbons (Fsp3) is 0.368. The summed E-state index contributed by atoms with van der Waals surface area (Å²) >= 11 is 0. The summed E-state index contributed by atoms with van der Waals surface area (Å²) in [6.45, 7) is 4.52. The second-order valence-corrected chi connectivity index (χ2v) is 8.21. The van der Waals surface area contributed by atoms with Gasteiger partial charge in [0, 0.05) is 23.7 Å². The van der Waals surface area contributed by atoms with Crippen LogP contribution in [0.3, 0.4) is 0 Å². The van der Waals surface area contributed by atoms with Gasteiger partial charge in [-0.1, -0.05) is 30.3 Å². The van der Waals surface area contributed by atoms with E-state index < -0.39 is 10.0 Å². The lowest BCUT2D eigenvalue weighted by Crippen LogP contribution is -2.43. The third-order valence-electron chi connectivity index (χ3n) is 4.16. The Hall–Kier alpha value is -2.25. The molecule has 0 spiro atoms. The Morgan fingerprint density at radius 2 is 1.96 bits per heavy atom. The van der Waals surface area contributed by atoms with Crippen molar-refractivity contribution in [1.82, 2.24) is 14.3 Å². The lowest BCUT2D eigenvalue weighted by Gasteiger charge is -2.31. The molecule has 1 unspecified atom stereocenters. The quantitative estimate of drug-likeness (QED) is 0.806. The van der Waals surface area contributed by atoms with Crippen LogP contribution in [-0.4, -0.2) is 41.9 Å². The SMILES string of the molecule is Cc1cc(OC2CCCN(S(=O)(=O)/C=C/c3ccccc3)C2)nc(C)n1. The minimum Gasteiger partial charge on any atom is -0.473 e. The van der Waals surface area contributed by atoms with E-state index in [1.54, 1.807) is 12.1 Å². The highest BCUT2D eigenvalue weighted by Gasteiger charge is 2.28. The van der Waals surface area contributed by atoms with Gasteiger partial charge in [0.05, 0.1) is 6.54 Å². The molecular weight excluding hydrogens is 350 g/mol. The van der Waals surface area contributed by atoms with Crippen molar-refractivity contribution in [3.63, 3.8) is 0 Å². The second kappa shape index (κ2) is 7.97. The predicted octanol–water partition coefficient (Wildman–Crippen LogP) is 2.94. The Balaban J connectivity index is 1.68. The normalized spacial score (nSPS) is 18.9. The number of aromatic nitrogens is 2. The molecule has 0 radical (unpaired) electrons. The van der Waals surface area contributed by atoms with Crippen LogP contribution >= 0.6 is 0 Å². The van der Waals surface area contributed by atoms with Crippen LogP contribution in [0.15, 0.2) is 41.8 Å². The first-order valence-electron chi connectivity index (χ1n) is 8.64. The number of sulfonamides is 1. The fourth-order valence-electron chi connectivity index (χ4n) is 2.96. The number of hydrogen-bond donors (Lipinski definition) is 0. The number of aryl methyl sites for hydroxylation is 2. The molecule has 0 saturated carbocycles. The molecule has 26 heavy (non-hydrogen) atoms. The first-order chi connectivity index (χ1) is 12.4. The Labute approximate surface area is 154 Å². The van der Waals surface area contributed by atoms with Gasteiger partial charge in [-0.3, -0.25) is 0 Å². The van der Waals surface area contributed by atoms with E-state index in [4.69, 9.17) is 4.74 Å². The summed E-state index contributed by atoms with van der Waals surface area (Å²) in [4.78, 5) is 8.50. The summed E-state index contributed by atoms with van der Waals surface area (Å²) in [6, 6.07) is 11.2. The van der Waals surface area contributed by atoms with Gasteiger partial charge in [-0.05, 0) is 38.3 Å². The van der Waals surface area contributed by atoms with Crippen LogP contribution in [0.25, 0.3) is 6.08 Å². The smallest absolute Gasteiger partial charge is 0.236 e. The van der Waals surface area contributed by atoms with E-state index in [0.29, 0.717) is 24.8 Å². The molecule has 1 aliphatic heterocycles. The van der Waals surface area contributed by atoms with Crippen molar-refractivity contribution in [2.24, 2.45) is 0 Å². The zero-order valence-electron chi connectivity index (χ0n) is 15.0. The molecule has 1 aromatic heterocycles. The van der Waals surface area contributed by atoms with E-state index in [-0.39, 0.29) is 6.10 Å². The topological polar surface area (TPSA) is 72.4 Å². The highest BCUT2D eigenvalue weighted by Crippen LogP contribution is 2.20. The Morgan fingerprint density at radius 3 is 2.69 bits per heavy atom. The van der Waals surface area contributed by atoms with Gasteiger partial charge in [0.15, 0.2) is 0 Å². The van der Waals surface area contributed by atoms with Gasteiger partial charge >= 0.3 is 0 Å². The van der Waals surface area contributed by atoms with Crippen LogP contribution < -0.4 is 4.74 Å². The van der Waals surface area contributed by atoms with Crippen LogP contribution in [0.2, 0.25) is 0 Å². The van der Waals surface area contributed by atoms with Crippen LogP contribution in [0.5, 0.6) is 5.88 Å². The molecule has 1 fully saturated rings. The molecule has 3 rings (SSSR count). The molecule has 0 amide bonds. The van der Waals surface area contributed by atoms with Crippen molar-refractivity contribution >= 4 is 16.1 Å². The first-order valence-corrected chi connectivity index (χ1v) is 10.1. The number of benzene rings is 1. The minimum absolute atomic E-state index is 0.211. The molecule has 1 atom stereocenters. The van der Waals surface area contributed by atoms with E-state index in [1.807, 2.05) is 44.2 Å². The summed E-state index contributed by atoms with van der Waals surface area (Å²) < 4.78 is 32.6. The lowest BCUT2D eigenvalue weighted by molar-refractivity contribution is 0.125. The predicted molar refractivity (Wildman–Crippen MR) is 101 cm³/mol. The number of ether oxygens (including phenoxy) is 1. The molecule has 7 heteroatoms. The van der Waals surface area contributed by atoms with Crippen LogP contribution in [0.4, 0.5) is 0 Å². The third kappa shape index (κ3) is 4.89. The van der Waals surface area contributed by atoms with Crippen LogP contribution in [0, 0.1) is 13.8 Å². The number of nitrogens with zero attached hydrogens (tertiary/aromatic N) is 3. The maximum Gasteiger partial charge on any atom is 0.236 e. The molecule has 0 bridgehead atoms. The van der Waals surface area contributed by atoms with E-state index in [9.17, 15) is 8.42 Å². The Morgan fingerprint density at radius 1 is 1.19 bits per heavy atom. The molecule has 0 aliphatic carbocycles. The first kappa shape index (κ1) is 18.5. The van der Waals surface area contributed by atoms with Gasteiger partial charge in [0.2, 0.25) is 15.9 Å². The van der Waals surface area contributed by atoms with Gasteiger partial charge in [0.1, 0.15) is 11.9 Å². The van der Waals surface area contributed by atoms with Crippen LogP contribution in [-0.2, 0) is 10.0 Å². The molecular formula is C19H23N3O3S. The van der Waals surface area contributed by atoms with E-state index in [1.165, 1.54) is 9.71 Å². The highest BCUT2D eigenvalue weighted by molar-refractivity contribution is 7.92. The largest absolute Gasteiger partial charge is 0.473 e. The Kier molecular flexibility index (Phi) is 5.68.